The van der Waals surface area contributed by atoms with Crippen molar-refractivity contribution in [1.82, 2.24) is 30.7 Å². The van der Waals surface area contributed by atoms with Crippen LogP contribution in [0, 0.1) is 0 Å². The minimum Gasteiger partial charge on any atom is -0.377 e. The molecule has 9 heteroatoms. The highest BCUT2D eigenvalue weighted by atomic mass is 32.1. The van der Waals surface area contributed by atoms with Crippen LogP contribution in [-0.2, 0) is 24.0 Å². The average Bonchev–Trinajstić information content (AvgIpc) is 3.47. The van der Waals surface area contributed by atoms with Crippen LogP contribution in [0.2, 0.25) is 0 Å². The molecule has 0 fully saturated rings. The maximum absolute atomic E-state index is 12.3. The molecule has 0 aliphatic rings. The van der Waals surface area contributed by atoms with E-state index in [-0.39, 0.29) is 5.91 Å². The zero-order valence-corrected chi connectivity index (χ0v) is 20.6. The number of unbranched alkanes of at least 4 members (excludes halogenated alkanes) is 1. The lowest BCUT2D eigenvalue weighted by molar-refractivity contribution is 0.0228. The number of H-pyrrole nitrogens is 1. The van der Waals surface area contributed by atoms with Crippen molar-refractivity contribution in [3.8, 4) is 0 Å². The number of aromatic nitrogens is 5. The van der Waals surface area contributed by atoms with Gasteiger partial charge in [-0.3, -0.25) is 4.79 Å². The molecule has 0 atom stereocenters. The zero-order valence-electron chi connectivity index (χ0n) is 19.8. The summed E-state index contributed by atoms with van der Waals surface area (Å²) in [4.78, 5) is 15.6. The number of carbonyl (C=O) groups is 1. The second-order valence-electron chi connectivity index (χ2n) is 8.95. The molecule has 34 heavy (non-hydrogen) atoms. The molecule has 8 nitrogen and oxygen atoms in total. The zero-order chi connectivity index (χ0) is 24.0. The number of benzene rings is 1. The molecule has 1 amide bonds. The third-order valence-corrected chi connectivity index (χ3v) is 6.66. The Labute approximate surface area is 203 Å². The van der Waals surface area contributed by atoms with Gasteiger partial charge in [-0.2, -0.15) is 5.10 Å². The van der Waals surface area contributed by atoms with Gasteiger partial charge in [0.25, 0.3) is 5.91 Å². The standard InChI is InChI=1S/C25H30N6O2S/c1-25(2,33-3)16-26-23(32)24-31-29-21(34-24)12-8-7-11-19-14-18-15-20(27-22(18)30-28-19)13-17-9-5-4-6-10-17/h4-6,9-10,14-15H,7-8,11-13,16H2,1-3H3,(H,26,32)(H,27,30). The highest BCUT2D eigenvalue weighted by Gasteiger charge is 2.20. The maximum atomic E-state index is 12.3. The molecule has 178 valence electrons. The van der Waals surface area contributed by atoms with Crippen LogP contribution in [0.15, 0.2) is 42.5 Å². The third kappa shape index (κ3) is 6.45. The highest BCUT2D eigenvalue weighted by Crippen LogP contribution is 2.18. The number of hydrogen-bond donors (Lipinski definition) is 2. The van der Waals surface area contributed by atoms with E-state index in [2.05, 4.69) is 67.1 Å². The van der Waals surface area contributed by atoms with Crippen LogP contribution in [0.25, 0.3) is 11.0 Å². The van der Waals surface area contributed by atoms with Gasteiger partial charge < -0.3 is 15.0 Å². The van der Waals surface area contributed by atoms with Gasteiger partial charge >= 0.3 is 0 Å². The molecule has 0 saturated carbocycles. The number of methoxy groups -OCH3 is 1. The third-order valence-electron chi connectivity index (χ3n) is 5.68. The number of carbonyl (C=O) groups excluding carboxylic acids is 1. The van der Waals surface area contributed by atoms with Gasteiger partial charge in [0.15, 0.2) is 5.65 Å². The quantitative estimate of drug-likeness (QED) is 0.314. The largest absolute Gasteiger partial charge is 0.377 e. The predicted molar refractivity (Wildman–Crippen MR) is 133 cm³/mol. The summed E-state index contributed by atoms with van der Waals surface area (Å²) in [7, 11) is 1.63. The molecule has 0 aliphatic carbocycles. The van der Waals surface area contributed by atoms with Gasteiger partial charge in [-0.15, -0.1) is 15.3 Å². The van der Waals surface area contributed by atoms with Crippen LogP contribution in [0.4, 0.5) is 0 Å². The monoisotopic (exact) mass is 478 g/mol. The van der Waals surface area contributed by atoms with Crippen LogP contribution < -0.4 is 5.32 Å². The number of fused-ring (bicyclic) bond motifs is 1. The molecule has 4 rings (SSSR count). The van der Waals surface area contributed by atoms with E-state index in [1.165, 1.54) is 16.9 Å². The van der Waals surface area contributed by atoms with Crippen molar-refractivity contribution in [1.29, 1.82) is 0 Å². The van der Waals surface area contributed by atoms with E-state index in [4.69, 9.17) is 4.74 Å². The summed E-state index contributed by atoms with van der Waals surface area (Å²) >= 11 is 1.34. The molecule has 3 aromatic heterocycles. The van der Waals surface area contributed by atoms with Gasteiger partial charge in [0, 0.05) is 37.6 Å². The number of aryl methyl sites for hydroxylation is 2. The van der Waals surface area contributed by atoms with Crippen LogP contribution in [0.5, 0.6) is 0 Å². The minimum atomic E-state index is -0.418. The van der Waals surface area contributed by atoms with Crippen molar-refractivity contribution in [2.75, 3.05) is 13.7 Å². The van der Waals surface area contributed by atoms with Gasteiger partial charge in [-0.1, -0.05) is 41.7 Å². The summed E-state index contributed by atoms with van der Waals surface area (Å²) in [5.74, 6) is -0.212. The molecule has 0 aliphatic heterocycles. The van der Waals surface area contributed by atoms with E-state index in [9.17, 15) is 4.79 Å². The van der Waals surface area contributed by atoms with Crippen molar-refractivity contribution in [3.05, 3.63) is 69.4 Å². The maximum Gasteiger partial charge on any atom is 0.282 e. The van der Waals surface area contributed by atoms with E-state index >= 15 is 0 Å². The second-order valence-corrected chi connectivity index (χ2v) is 10.0. The molecular formula is C25H30N6O2S. The number of aromatic amines is 1. The summed E-state index contributed by atoms with van der Waals surface area (Å²) in [5.41, 5.74) is 3.78. The number of rotatable bonds is 11. The first-order valence-corrected chi connectivity index (χ1v) is 12.3. The summed E-state index contributed by atoms with van der Waals surface area (Å²) in [6.07, 6.45) is 4.39. The molecule has 1 aromatic carbocycles. The number of hydrogen-bond acceptors (Lipinski definition) is 7. The molecule has 4 aromatic rings. The lowest BCUT2D eigenvalue weighted by Gasteiger charge is -2.22. The van der Waals surface area contributed by atoms with Crippen molar-refractivity contribution in [2.24, 2.45) is 0 Å². The SMILES string of the molecule is COC(C)(C)CNC(=O)c1nnc(CCCCc2cc3cc(Cc4ccccc4)[nH]c3nn2)s1. The van der Waals surface area contributed by atoms with Crippen molar-refractivity contribution >= 4 is 28.3 Å². The first-order valence-electron chi connectivity index (χ1n) is 11.5. The van der Waals surface area contributed by atoms with Crippen molar-refractivity contribution < 1.29 is 9.53 Å². The predicted octanol–water partition coefficient (Wildman–Crippen LogP) is 4.12. The Kier molecular flexibility index (Phi) is 7.64. The fourth-order valence-electron chi connectivity index (χ4n) is 3.53. The fraction of sp³-hybridized carbons (Fsp3) is 0.400. The van der Waals surface area contributed by atoms with Gasteiger partial charge in [0.2, 0.25) is 5.01 Å². The Bertz CT molecular complexity index is 1230. The van der Waals surface area contributed by atoms with Gasteiger partial charge in [-0.05, 0) is 50.8 Å². The van der Waals surface area contributed by atoms with E-state index in [0.717, 1.165) is 59.5 Å². The second kappa shape index (κ2) is 10.8. The normalized spacial score (nSPS) is 11.7. The Morgan fingerprint density at radius 2 is 1.85 bits per heavy atom. The first-order chi connectivity index (χ1) is 16.4. The smallest absolute Gasteiger partial charge is 0.282 e. The van der Waals surface area contributed by atoms with Crippen LogP contribution in [0.1, 0.15) is 58.5 Å². The lowest BCUT2D eigenvalue weighted by atomic mass is 10.1. The van der Waals surface area contributed by atoms with Gasteiger partial charge in [-0.25, -0.2) is 0 Å². The first kappa shape index (κ1) is 24.0. The Morgan fingerprint density at radius 1 is 1.06 bits per heavy atom. The highest BCUT2D eigenvalue weighted by molar-refractivity contribution is 7.13. The van der Waals surface area contributed by atoms with E-state index in [1.54, 1.807) is 7.11 Å². The number of nitrogens with zero attached hydrogens (tertiary/aromatic N) is 4. The number of ether oxygens (including phenoxy) is 1. The Morgan fingerprint density at radius 3 is 2.65 bits per heavy atom. The summed E-state index contributed by atoms with van der Waals surface area (Å²) in [6, 6.07) is 14.6. The average molecular weight is 479 g/mol. The topological polar surface area (TPSA) is 106 Å². The minimum absolute atomic E-state index is 0.212. The van der Waals surface area contributed by atoms with Crippen LogP contribution in [0.3, 0.4) is 0 Å². The van der Waals surface area contributed by atoms with E-state index in [1.807, 2.05) is 19.9 Å². The lowest BCUT2D eigenvalue weighted by Crippen LogP contribution is -2.39. The van der Waals surface area contributed by atoms with Crippen molar-refractivity contribution in [2.45, 2.75) is 51.6 Å². The summed E-state index contributed by atoms with van der Waals surface area (Å²) in [6.45, 7) is 4.25. The fourth-order valence-corrected chi connectivity index (χ4v) is 4.33. The molecule has 0 saturated heterocycles. The molecule has 0 spiro atoms. The summed E-state index contributed by atoms with van der Waals surface area (Å²) in [5, 5.41) is 22.1. The van der Waals surface area contributed by atoms with Crippen molar-refractivity contribution in [3.63, 3.8) is 0 Å². The van der Waals surface area contributed by atoms with Crippen LogP contribution >= 0.6 is 11.3 Å². The van der Waals surface area contributed by atoms with E-state index < -0.39 is 5.60 Å². The Balaban J connectivity index is 1.24. The molecular weight excluding hydrogens is 448 g/mol. The van der Waals surface area contributed by atoms with Gasteiger partial charge in [0.05, 0.1) is 11.3 Å². The van der Waals surface area contributed by atoms with E-state index in [0.29, 0.717) is 11.6 Å². The molecule has 0 bridgehead atoms. The van der Waals surface area contributed by atoms with Crippen LogP contribution in [-0.4, -0.2) is 50.5 Å². The number of nitrogens with one attached hydrogen (secondary N) is 2. The summed E-state index contributed by atoms with van der Waals surface area (Å²) < 4.78 is 5.32. The molecule has 0 unspecified atom stereocenters. The molecule has 2 N–H and O–H groups in total. The Hall–Kier alpha value is -3.17. The number of amides is 1. The molecule has 3 heterocycles. The molecule has 0 radical (unpaired) electrons. The van der Waals surface area contributed by atoms with Gasteiger partial charge in [0.1, 0.15) is 5.01 Å².